The van der Waals surface area contributed by atoms with Gasteiger partial charge in [-0.05, 0) is 24.1 Å². The van der Waals surface area contributed by atoms with Crippen molar-refractivity contribution < 1.29 is 14.3 Å². The molecule has 106 valence electrons. The number of rotatable bonds is 6. The van der Waals surface area contributed by atoms with Crippen molar-refractivity contribution in [3.05, 3.63) is 23.8 Å². The summed E-state index contributed by atoms with van der Waals surface area (Å²) in [6.07, 6.45) is 0. The SMILES string of the molecule is COc1ccc(OC)c(CNC(=O)[C@@H](N)C(C)C)c1. The van der Waals surface area contributed by atoms with Crippen LogP contribution in [-0.4, -0.2) is 26.2 Å². The Hall–Kier alpha value is -1.75. The summed E-state index contributed by atoms with van der Waals surface area (Å²) in [5, 5.41) is 2.81. The zero-order chi connectivity index (χ0) is 14.4. The van der Waals surface area contributed by atoms with E-state index in [1.54, 1.807) is 14.2 Å². The lowest BCUT2D eigenvalue weighted by atomic mass is 10.0. The van der Waals surface area contributed by atoms with E-state index in [0.29, 0.717) is 12.3 Å². The van der Waals surface area contributed by atoms with Crippen LogP contribution in [0.15, 0.2) is 18.2 Å². The van der Waals surface area contributed by atoms with Crippen LogP contribution in [0.1, 0.15) is 19.4 Å². The highest BCUT2D eigenvalue weighted by Crippen LogP contribution is 2.23. The summed E-state index contributed by atoms with van der Waals surface area (Å²) in [6, 6.07) is 4.95. The van der Waals surface area contributed by atoms with Crippen LogP contribution in [0.25, 0.3) is 0 Å². The van der Waals surface area contributed by atoms with E-state index in [9.17, 15) is 4.79 Å². The largest absolute Gasteiger partial charge is 0.497 e. The van der Waals surface area contributed by atoms with E-state index in [-0.39, 0.29) is 11.8 Å². The van der Waals surface area contributed by atoms with E-state index in [0.717, 1.165) is 11.3 Å². The molecule has 0 aromatic heterocycles. The molecule has 1 atom stereocenters. The van der Waals surface area contributed by atoms with Crippen LogP contribution < -0.4 is 20.5 Å². The molecule has 0 heterocycles. The van der Waals surface area contributed by atoms with Crippen LogP contribution in [0.4, 0.5) is 0 Å². The molecule has 5 heteroatoms. The second-order valence-corrected chi connectivity index (χ2v) is 4.67. The smallest absolute Gasteiger partial charge is 0.237 e. The molecule has 1 rings (SSSR count). The van der Waals surface area contributed by atoms with Gasteiger partial charge in [-0.1, -0.05) is 13.8 Å². The number of amides is 1. The van der Waals surface area contributed by atoms with Crippen molar-refractivity contribution in [2.24, 2.45) is 11.7 Å². The van der Waals surface area contributed by atoms with Gasteiger partial charge in [0, 0.05) is 12.1 Å². The lowest BCUT2D eigenvalue weighted by molar-refractivity contribution is -0.123. The average molecular weight is 266 g/mol. The summed E-state index contributed by atoms with van der Waals surface area (Å²) in [5.74, 6) is 1.37. The molecule has 0 saturated heterocycles. The lowest BCUT2D eigenvalue weighted by Crippen LogP contribution is -2.43. The molecule has 3 N–H and O–H groups in total. The fourth-order valence-corrected chi connectivity index (χ4v) is 1.62. The minimum absolute atomic E-state index is 0.104. The van der Waals surface area contributed by atoms with Crippen molar-refractivity contribution >= 4 is 5.91 Å². The number of carbonyl (C=O) groups is 1. The van der Waals surface area contributed by atoms with Gasteiger partial charge in [-0.15, -0.1) is 0 Å². The first kappa shape index (κ1) is 15.3. The van der Waals surface area contributed by atoms with Gasteiger partial charge in [-0.25, -0.2) is 0 Å². The van der Waals surface area contributed by atoms with Gasteiger partial charge in [0.2, 0.25) is 5.91 Å². The first-order valence-electron chi connectivity index (χ1n) is 6.23. The third-order valence-electron chi connectivity index (χ3n) is 2.96. The van der Waals surface area contributed by atoms with Crippen LogP contribution in [-0.2, 0) is 11.3 Å². The molecule has 0 aliphatic carbocycles. The maximum absolute atomic E-state index is 11.8. The van der Waals surface area contributed by atoms with Crippen molar-refractivity contribution in [1.82, 2.24) is 5.32 Å². The molecular weight excluding hydrogens is 244 g/mol. The maximum Gasteiger partial charge on any atom is 0.237 e. The standard InChI is InChI=1S/C14H22N2O3/c1-9(2)13(15)14(17)16-8-10-7-11(18-3)5-6-12(10)19-4/h5-7,9,13H,8,15H2,1-4H3,(H,16,17)/t13-/m0/s1. The van der Waals surface area contributed by atoms with Gasteiger partial charge in [0.25, 0.3) is 0 Å². The fourth-order valence-electron chi connectivity index (χ4n) is 1.62. The van der Waals surface area contributed by atoms with Crippen LogP contribution >= 0.6 is 0 Å². The summed E-state index contributed by atoms with van der Waals surface area (Å²) in [7, 11) is 3.19. The quantitative estimate of drug-likeness (QED) is 0.814. The minimum atomic E-state index is -0.503. The van der Waals surface area contributed by atoms with E-state index in [2.05, 4.69) is 5.32 Å². The molecular formula is C14H22N2O3. The molecule has 1 aromatic carbocycles. The van der Waals surface area contributed by atoms with Crippen molar-refractivity contribution in [2.75, 3.05) is 14.2 Å². The summed E-state index contributed by atoms with van der Waals surface area (Å²) in [5.41, 5.74) is 6.64. The topological polar surface area (TPSA) is 73.6 Å². The van der Waals surface area contributed by atoms with Crippen molar-refractivity contribution in [1.29, 1.82) is 0 Å². The average Bonchev–Trinajstić information content (AvgIpc) is 2.43. The highest BCUT2D eigenvalue weighted by Gasteiger charge is 2.17. The molecule has 0 bridgehead atoms. The van der Waals surface area contributed by atoms with Crippen molar-refractivity contribution in [3.63, 3.8) is 0 Å². The third kappa shape index (κ3) is 4.13. The summed E-state index contributed by atoms with van der Waals surface area (Å²) in [6.45, 7) is 4.19. The Morgan fingerprint density at radius 2 is 2.00 bits per heavy atom. The van der Waals surface area contributed by atoms with E-state index in [1.165, 1.54) is 0 Å². The number of carbonyl (C=O) groups excluding carboxylic acids is 1. The molecule has 19 heavy (non-hydrogen) atoms. The number of methoxy groups -OCH3 is 2. The normalized spacial score (nSPS) is 12.1. The Bertz CT molecular complexity index is 433. The highest BCUT2D eigenvalue weighted by atomic mass is 16.5. The number of nitrogens with one attached hydrogen (secondary N) is 1. The minimum Gasteiger partial charge on any atom is -0.497 e. The third-order valence-corrected chi connectivity index (χ3v) is 2.96. The molecule has 0 aliphatic heterocycles. The van der Waals surface area contributed by atoms with E-state index >= 15 is 0 Å². The predicted molar refractivity (Wildman–Crippen MR) is 74.2 cm³/mol. The zero-order valence-electron chi connectivity index (χ0n) is 11.9. The zero-order valence-corrected chi connectivity index (χ0v) is 11.9. The number of ether oxygens (including phenoxy) is 2. The molecule has 0 fully saturated rings. The number of hydrogen-bond donors (Lipinski definition) is 2. The first-order valence-corrected chi connectivity index (χ1v) is 6.23. The molecule has 0 aliphatic rings. The van der Waals surface area contributed by atoms with Crippen LogP contribution in [0, 0.1) is 5.92 Å². The van der Waals surface area contributed by atoms with Gasteiger partial charge in [-0.2, -0.15) is 0 Å². The van der Waals surface area contributed by atoms with Gasteiger partial charge < -0.3 is 20.5 Å². The van der Waals surface area contributed by atoms with Crippen LogP contribution in [0.3, 0.4) is 0 Å². The van der Waals surface area contributed by atoms with Crippen molar-refractivity contribution in [2.45, 2.75) is 26.4 Å². The molecule has 5 nitrogen and oxygen atoms in total. The van der Waals surface area contributed by atoms with Crippen molar-refractivity contribution in [3.8, 4) is 11.5 Å². The monoisotopic (exact) mass is 266 g/mol. The molecule has 0 saturated carbocycles. The second-order valence-electron chi connectivity index (χ2n) is 4.67. The van der Waals surface area contributed by atoms with Crippen LogP contribution in [0.2, 0.25) is 0 Å². The molecule has 1 amide bonds. The van der Waals surface area contributed by atoms with Gasteiger partial charge in [0.05, 0.1) is 20.3 Å². The Labute approximate surface area is 114 Å². The number of nitrogens with two attached hydrogens (primary N) is 1. The highest BCUT2D eigenvalue weighted by molar-refractivity contribution is 5.81. The molecule has 0 spiro atoms. The Morgan fingerprint density at radius 3 is 2.53 bits per heavy atom. The molecule has 1 aromatic rings. The lowest BCUT2D eigenvalue weighted by Gasteiger charge is -2.16. The van der Waals surface area contributed by atoms with Gasteiger partial charge in [-0.3, -0.25) is 4.79 Å². The first-order chi connectivity index (χ1) is 8.99. The Balaban J connectivity index is 2.73. The van der Waals surface area contributed by atoms with Crippen LogP contribution in [0.5, 0.6) is 11.5 Å². The van der Waals surface area contributed by atoms with E-state index in [1.807, 2.05) is 32.0 Å². The fraction of sp³-hybridized carbons (Fsp3) is 0.500. The maximum atomic E-state index is 11.8. The second kappa shape index (κ2) is 6.99. The van der Waals surface area contributed by atoms with Gasteiger partial charge >= 0.3 is 0 Å². The molecule has 0 radical (unpaired) electrons. The summed E-state index contributed by atoms with van der Waals surface area (Å²) in [4.78, 5) is 11.8. The number of benzene rings is 1. The van der Waals surface area contributed by atoms with Gasteiger partial charge in [0.15, 0.2) is 0 Å². The summed E-state index contributed by atoms with van der Waals surface area (Å²) >= 11 is 0. The van der Waals surface area contributed by atoms with Gasteiger partial charge in [0.1, 0.15) is 11.5 Å². The Kier molecular flexibility index (Phi) is 5.63. The predicted octanol–water partition coefficient (Wildman–Crippen LogP) is 1.30. The van der Waals surface area contributed by atoms with E-state index in [4.69, 9.17) is 15.2 Å². The Morgan fingerprint density at radius 1 is 1.32 bits per heavy atom. The summed E-state index contributed by atoms with van der Waals surface area (Å²) < 4.78 is 10.4. The van der Waals surface area contributed by atoms with E-state index < -0.39 is 6.04 Å². The number of hydrogen-bond acceptors (Lipinski definition) is 4. The molecule has 0 unspecified atom stereocenters.